The molecule has 2 heterocycles. The molecule has 3 heteroatoms. The van der Waals surface area contributed by atoms with Crippen molar-refractivity contribution in [1.82, 2.24) is 9.38 Å². The third-order valence-corrected chi connectivity index (χ3v) is 3.30. The van der Waals surface area contributed by atoms with Gasteiger partial charge in [-0.3, -0.25) is 4.40 Å². The molecular weight excluding hydrogens is 246 g/mol. The van der Waals surface area contributed by atoms with Crippen LogP contribution >= 0.6 is 0 Å². The number of pyridine rings is 1. The zero-order valence-electron chi connectivity index (χ0n) is 12.2. The van der Waals surface area contributed by atoms with Crippen molar-refractivity contribution in [1.29, 1.82) is 0 Å². The molecule has 0 amide bonds. The van der Waals surface area contributed by atoms with E-state index in [1.807, 2.05) is 12.1 Å². The van der Waals surface area contributed by atoms with E-state index in [0.717, 1.165) is 22.4 Å². The van der Waals surface area contributed by atoms with E-state index in [2.05, 4.69) is 68.1 Å². The molecule has 20 heavy (non-hydrogen) atoms. The molecule has 0 aliphatic rings. The third kappa shape index (κ3) is 2.45. The van der Waals surface area contributed by atoms with Crippen LogP contribution in [0, 0.1) is 0 Å². The fourth-order valence-corrected chi connectivity index (χ4v) is 2.47. The number of hydrogen-bond donors (Lipinski definition) is 0. The van der Waals surface area contributed by atoms with Crippen molar-refractivity contribution in [3.05, 3.63) is 60.4 Å². The molecule has 0 fully saturated rings. The van der Waals surface area contributed by atoms with Crippen LogP contribution in [0.1, 0.15) is 5.69 Å². The molecule has 0 atom stereocenters. The smallest absolute Gasteiger partial charge is 0.137 e. The van der Waals surface area contributed by atoms with Gasteiger partial charge in [0.25, 0.3) is 0 Å². The Balaban J connectivity index is 2.23. The maximum Gasteiger partial charge on any atom is 0.137 e. The predicted octanol–water partition coefficient (Wildman–Crippen LogP) is 3.21. The summed E-state index contributed by atoms with van der Waals surface area (Å²) < 4.78 is 3.08. The molecule has 0 N–H and O–H groups in total. The fraction of sp³-hybridized carbons (Fsp3) is 0.235. The second-order valence-electron chi connectivity index (χ2n) is 6.15. The van der Waals surface area contributed by atoms with E-state index in [1.165, 1.54) is 11.3 Å². The Labute approximate surface area is 119 Å². The monoisotopic (exact) mass is 266 g/mol. The minimum atomic E-state index is 0.878. The first-order valence-corrected chi connectivity index (χ1v) is 6.86. The molecule has 0 unspecified atom stereocenters. The molecule has 0 aliphatic carbocycles. The van der Waals surface area contributed by atoms with Gasteiger partial charge in [0.1, 0.15) is 17.9 Å². The van der Waals surface area contributed by atoms with Gasteiger partial charge in [-0.2, -0.15) is 0 Å². The van der Waals surface area contributed by atoms with Gasteiger partial charge >= 0.3 is 0 Å². The highest BCUT2D eigenvalue weighted by Crippen LogP contribution is 2.25. The number of rotatable bonds is 3. The molecule has 0 saturated carbocycles. The lowest BCUT2D eigenvalue weighted by atomic mass is 10.1. The summed E-state index contributed by atoms with van der Waals surface area (Å²) in [6, 6.07) is 16.6. The van der Waals surface area contributed by atoms with Gasteiger partial charge in [0.15, 0.2) is 0 Å². The second-order valence-corrected chi connectivity index (χ2v) is 6.15. The standard InChI is InChI=1S/C17H20N3/c1-20(2,3)13-15-17(14-9-5-4-6-10-14)18-16-11-7-8-12-19(15)16/h4-12H,13H2,1-3H3/q+1. The van der Waals surface area contributed by atoms with Gasteiger partial charge in [-0.1, -0.05) is 36.4 Å². The van der Waals surface area contributed by atoms with E-state index in [4.69, 9.17) is 4.98 Å². The number of fused-ring (bicyclic) bond motifs is 1. The molecule has 102 valence electrons. The molecule has 0 bridgehead atoms. The van der Waals surface area contributed by atoms with Gasteiger partial charge in [-0.05, 0) is 12.1 Å². The lowest BCUT2D eigenvalue weighted by Gasteiger charge is -2.24. The fourth-order valence-electron chi connectivity index (χ4n) is 2.47. The number of imidazole rings is 1. The minimum Gasteiger partial charge on any atom is -0.326 e. The number of quaternary nitrogens is 1. The zero-order valence-corrected chi connectivity index (χ0v) is 12.2. The Morgan fingerprint density at radius 3 is 2.35 bits per heavy atom. The first-order chi connectivity index (χ1) is 9.54. The Morgan fingerprint density at radius 2 is 1.65 bits per heavy atom. The summed E-state index contributed by atoms with van der Waals surface area (Å²) in [6.45, 7) is 0.940. The van der Waals surface area contributed by atoms with E-state index in [0.29, 0.717) is 0 Å². The van der Waals surface area contributed by atoms with Crippen LogP contribution < -0.4 is 0 Å². The highest BCUT2D eigenvalue weighted by atomic mass is 15.3. The molecule has 3 aromatic rings. The van der Waals surface area contributed by atoms with E-state index >= 15 is 0 Å². The van der Waals surface area contributed by atoms with Crippen LogP contribution in [0.4, 0.5) is 0 Å². The van der Waals surface area contributed by atoms with Gasteiger partial charge in [0.05, 0.1) is 26.8 Å². The van der Waals surface area contributed by atoms with E-state index < -0.39 is 0 Å². The second kappa shape index (κ2) is 4.76. The van der Waals surface area contributed by atoms with Crippen LogP contribution in [0.2, 0.25) is 0 Å². The Bertz CT molecular complexity index is 721. The van der Waals surface area contributed by atoms with E-state index in [1.54, 1.807) is 0 Å². The SMILES string of the molecule is C[N+](C)(C)Cc1c(-c2ccccc2)nc2ccccn12. The Morgan fingerprint density at radius 1 is 0.950 bits per heavy atom. The van der Waals surface area contributed by atoms with Crippen LogP contribution in [-0.4, -0.2) is 35.0 Å². The first kappa shape index (κ1) is 12.9. The van der Waals surface area contributed by atoms with Crippen molar-refractivity contribution in [2.75, 3.05) is 21.1 Å². The molecular formula is C17H20N3+. The number of aromatic nitrogens is 2. The third-order valence-electron chi connectivity index (χ3n) is 3.30. The predicted molar refractivity (Wildman–Crippen MR) is 82.4 cm³/mol. The van der Waals surface area contributed by atoms with E-state index in [-0.39, 0.29) is 0 Å². The van der Waals surface area contributed by atoms with Crippen LogP contribution in [0.15, 0.2) is 54.7 Å². The maximum atomic E-state index is 4.82. The van der Waals surface area contributed by atoms with Gasteiger partial charge < -0.3 is 4.48 Å². The van der Waals surface area contributed by atoms with Gasteiger partial charge in [-0.25, -0.2) is 4.98 Å². The number of nitrogens with zero attached hydrogens (tertiary/aromatic N) is 3. The average molecular weight is 266 g/mol. The molecule has 0 radical (unpaired) electrons. The van der Waals surface area contributed by atoms with Crippen molar-refractivity contribution in [2.45, 2.75) is 6.54 Å². The normalized spacial score (nSPS) is 11.9. The lowest BCUT2D eigenvalue weighted by Crippen LogP contribution is -2.34. The summed E-state index contributed by atoms with van der Waals surface area (Å²) in [5.41, 5.74) is 4.54. The molecule has 0 saturated heterocycles. The molecule has 3 nitrogen and oxygen atoms in total. The first-order valence-electron chi connectivity index (χ1n) is 6.86. The number of benzene rings is 1. The lowest BCUT2D eigenvalue weighted by molar-refractivity contribution is -0.884. The van der Waals surface area contributed by atoms with Gasteiger partial charge in [0.2, 0.25) is 0 Å². The highest BCUT2D eigenvalue weighted by Gasteiger charge is 2.19. The Hall–Kier alpha value is -2.13. The van der Waals surface area contributed by atoms with Crippen molar-refractivity contribution < 1.29 is 4.48 Å². The van der Waals surface area contributed by atoms with Crippen molar-refractivity contribution >= 4 is 5.65 Å². The molecule has 0 aliphatic heterocycles. The topological polar surface area (TPSA) is 17.3 Å². The zero-order chi connectivity index (χ0) is 14.2. The highest BCUT2D eigenvalue weighted by molar-refractivity contribution is 5.66. The molecule has 2 aromatic heterocycles. The molecule has 0 spiro atoms. The van der Waals surface area contributed by atoms with Crippen molar-refractivity contribution in [3.63, 3.8) is 0 Å². The average Bonchev–Trinajstić information content (AvgIpc) is 2.77. The summed E-state index contributed by atoms with van der Waals surface area (Å²) in [5.74, 6) is 0. The van der Waals surface area contributed by atoms with Crippen molar-refractivity contribution in [2.24, 2.45) is 0 Å². The largest absolute Gasteiger partial charge is 0.326 e. The van der Waals surface area contributed by atoms with Crippen molar-refractivity contribution in [3.8, 4) is 11.3 Å². The van der Waals surface area contributed by atoms with Crippen LogP contribution in [0.5, 0.6) is 0 Å². The Kier molecular flexibility index (Phi) is 3.07. The summed E-state index contributed by atoms with van der Waals surface area (Å²) in [7, 11) is 6.62. The minimum absolute atomic E-state index is 0.878. The summed E-state index contributed by atoms with van der Waals surface area (Å²) in [6.07, 6.45) is 2.10. The van der Waals surface area contributed by atoms with Crippen LogP contribution in [0.3, 0.4) is 0 Å². The number of hydrogen-bond acceptors (Lipinski definition) is 1. The summed E-state index contributed by atoms with van der Waals surface area (Å²) in [4.78, 5) is 4.82. The maximum absolute atomic E-state index is 4.82. The van der Waals surface area contributed by atoms with Crippen LogP contribution in [-0.2, 0) is 6.54 Å². The van der Waals surface area contributed by atoms with Gasteiger partial charge in [0, 0.05) is 11.8 Å². The molecule has 1 aromatic carbocycles. The van der Waals surface area contributed by atoms with Gasteiger partial charge in [-0.15, -0.1) is 0 Å². The summed E-state index contributed by atoms with van der Waals surface area (Å²) >= 11 is 0. The van der Waals surface area contributed by atoms with Crippen LogP contribution in [0.25, 0.3) is 16.9 Å². The van der Waals surface area contributed by atoms with E-state index in [9.17, 15) is 0 Å². The summed E-state index contributed by atoms with van der Waals surface area (Å²) in [5, 5.41) is 0. The molecule has 3 rings (SSSR count). The quantitative estimate of drug-likeness (QED) is 0.665.